The Kier molecular flexibility index (Phi) is 3.57. The molecule has 1 aromatic carbocycles. The number of aromatic amines is 1. The van der Waals surface area contributed by atoms with Gasteiger partial charge in [0.25, 0.3) is 0 Å². The van der Waals surface area contributed by atoms with Crippen molar-refractivity contribution < 1.29 is 19.4 Å². The highest BCUT2D eigenvalue weighted by molar-refractivity contribution is 5.85. The van der Waals surface area contributed by atoms with Gasteiger partial charge in [-0.3, -0.25) is 9.59 Å². The molecular formula is C18H20N2O4. The Morgan fingerprint density at radius 1 is 1.38 bits per heavy atom. The van der Waals surface area contributed by atoms with Crippen LogP contribution in [-0.4, -0.2) is 53.2 Å². The highest BCUT2D eigenvalue weighted by Gasteiger charge is 2.57. The number of benzene rings is 1. The van der Waals surface area contributed by atoms with Crippen molar-refractivity contribution in [1.29, 1.82) is 0 Å². The first-order valence-corrected chi connectivity index (χ1v) is 8.24. The number of hydrogen-bond acceptors (Lipinski definition) is 3. The van der Waals surface area contributed by atoms with Crippen LogP contribution in [0.15, 0.2) is 30.5 Å². The third-order valence-corrected chi connectivity index (χ3v) is 5.44. The number of ether oxygens (including phenoxy) is 1. The number of amides is 1. The molecule has 4 rings (SSSR count). The van der Waals surface area contributed by atoms with Crippen LogP contribution in [0.3, 0.4) is 0 Å². The molecule has 126 valence electrons. The van der Waals surface area contributed by atoms with Gasteiger partial charge in [-0.2, -0.15) is 0 Å². The number of para-hydroxylation sites is 1. The van der Waals surface area contributed by atoms with Crippen LogP contribution < -0.4 is 0 Å². The minimum atomic E-state index is -0.906. The van der Waals surface area contributed by atoms with Gasteiger partial charge < -0.3 is 19.7 Å². The Hall–Kier alpha value is -2.34. The summed E-state index contributed by atoms with van der Waals surface area (Å²) in [6.45, 7) is 1.39. The Morgan fingerprint density at radius 2 is 2.21 bits per heavy atom. The lowest BCUT2D eigenvalue weighted by Gasteiger charge is -2.22. The van der Waals surface area contributed by atoms with E-state index in [-0.39, 0.29) is 25.0 Å². The molecule has 2 atom stereocenters. The van der Waals surface area contributed by atoms with Crippen LogP contribution in [0, 0.1) is 11.3 Å². The molecule has 0 radical (unpaired) electrons. The van der Waals surface area contributed by atoms with Gasteiger partial charge in [0.05, 0.1) is 13.2 Å². The first-order valence-electron chi connectivity index (χ1n) is 8.24. The Labute approximate surface area is 139 Å². The molecule has 2 fully saturated rings. The molecule has 6 heteroatoms. The molecule has 0 unspecified atom stereocenters. The molecule has 1 amide bonds. The van der Waals surface area contributed by atoms with Crippen molar-refractivity contribution >= 4 is 22.8 Å². The molecule has 24 heavy (non-hydrogen) atoms. The zero-order valence-corrected chi connectivity index (χ0v) is 13.3. The van der Waals surface area contributed by atoms with E-state index in [1.54, 1.807) is 4.90 Å². The van der Waals surface area contributed by atoms with Crippen molar-refractivity contribution in [1.82, 2.24) is 9.88 Å². The summed E-state index contributed by atoms with van der Waals surface area (Å²) in [4.78, 5) is 29.1. The van der Waals surface area contributed by atoms with Crippen molar-refractivity contribution in [3.05, 3.63) is 36.0 Å². The van der Waals surface area contributed by atoms with Crippen LogP contribution in [0.2, 0.25) is 0 Å². The minimum Gasteiger partial charge on any atom is -0.481 e. The maximum Gasteiger partial charge on any atom is 0.314 e. The number of carbonyl (C=O) groups is 2. The van der Waals surface area contributed by atoms with Gasteiger partial charge in [-0.1, -0.05) is 18.2 Å². The fourth-order valence-electron chi connectivity index (χ4n) is 3.97. The van der Waals surface area contributed by atoms with Crippen molar-refractivity contribution in [3.63, 3.8) is 0 Å². The Morgan fingerprint density at radius 3 is 3.00 bits per heavy atom. The van der Waals surface area contributed by atoms with E-state index in [1.807, 2.05) is 30.5 Å². The predicted octanol–water partition coefficient (Wildman–Crippen LogP) is 1.66. The van der Waals surface area contributed by atoms with Crippen molar-refractivity contribution in [2.75, 3.05) is 26.3 Å². The van der Waals surface area contributed by atoms with Crippen LogP contribution in [0.1, 0.15) is 12.0 Å². The molecule has 2 aliphatic rings. The topological polar surface area (TPSA) is 82.6 Å². The molecule has 2 aliphatic heterocycles. The van der Waals surface area contributed by atoms with E-state index in [0.717, 1.165) is 16.5 Å². The third kappa shape index (κ3) is 2.29. The van der Waals surface area contributed by atoms with E-state index in [4.69, 9.17) is 4.74 Å². The van der Waals surface area contributed by atoms with Crippen LogP contribution >= 0.6 is 0 Å². The zero-order valence-electron chi connectivity index (χ0n) is 13.3. The van der Waals surface area contributed by atoms with E-state index in [2.05, 4.69) is 4.98 Å². The smallest absolute Gasteiger partial charge is 0.314 e. The molecular weight excluding hydrogens is 308 g/mol. The first kappa shape index (κ1) is 15.2. The van der Waals surface area contributed by atoms with Crippen LogP contribution in [0.25, 0.3) is 10.9 Å². The number of aliphatic carboxylic acids is 1. The standard InChI is InChI=1S/C18H20N2O4/c21-16(6-5-12-7-19-15-4-2-1-3-14(12)15)20-8-13-9-24-11-18(13,10-20)17(22)23/h1-4,7,13,19H,5-6,8-11H2,(H,22,23)/t13-,18-/m1/s1. The fraction of sp³-hybridized carbons (Fsp3) is 0.444. The second-order valence-electron chi connectivity index (χ2n) is 6.81. The Bertz CT molecular complexity index is 799. The number of nitrogens with one attached hydrogen (secondary N) is 1. The third-order valence-electron chi connectivity index (χ3n) is 5.44. The van der Waals surface area contributed by atoms with Gasteiger partial charge in [0.15, 0.2) is 0 Å². The Balaban J connectivity index is 1.43. The molecule has 3 heterocycles. The van der Waals surface area contributed by atoms with E-state index in [0.29, 0.717) is 26.0 Å². The maximum atomic E-state index is 12.6. The summed E-state index contributed by atoms with van der Waals surface area (Å²) in [6.07, 6.45) is 2.99. The second kappa shape index (κ2) is 5.63. The number of nitrogens with zero attached hydrogens (tertiary/aromatic N) is 1. The number of aryl methyl sites for hydroxylation is 1. The summed E-state index contributed by atoms with van der Waals surface area (Å²) < 4.78 is 5.35. The van der Waals surface area contributed by atoms with E-state index in [1.165, 1.54) is 0 Å². The summed E-state index contributed by atoms with van der Waals surface area (Å²) in [7, 11) is 0. The summed E-state index contributed by atoms with van der Waals surface area (Å²) in [6, 6.07) is 8.02. The lowest BCUT2D eigenvalue weighted by molar-refractivity contribution is -0.149. The predicted molar refractivity (Wildman–Crippen MR) is 87.6 cm³/mol. The molecule has 2 N–H and O–H groups in total. The zero-order chi connectivity index (χ0) is 16.7. The van der Waals surface area contributed by atoms with Crippen LogP contribution in [-0.2, 0) is 20.7 Å². The van der Waals surface area contributed by atoms with Gasteiger partial charge in [-0.25, -0.2) is 0 Å². The first-order chi connectivity index (χ1) is 11.6. The number of rotatable bonds is 4. The number of H-pyrrole nitrogens is 1. The van der Waals surface area contributed by atoms with E-state index < -0.39 is 11.4 Å². The summed E-state index contributed by atoms with van der Waals surface area (Å²) >= 11 is 0. The van der Waals surface area contributed by atoms with Gasteiger partial charge in [-0.05, 0) is 18.1 Å². The average Bonchev–Trinajstić information content (AvgIpc) is 3.25. The highest BCUT2D eigenvalue weighted by Crippen LogP contribution is 2.41. The largest absolute Gasteiger partial charge is 0.481 e. The van der Waals surface area contributed by atoms with Crippen molar-refractivity contribution in [2.45, 2.75) is 12.8 Å². The maximum absolute atomic E-state index is 12.6. The van der Waals surface area contributed by atoms with Crippen LogP contribution in [0.5, 0.6) is 0 Å². The number of hydrogen-bond donors (Lipinski definition) is 2. The number of likely N-dealkylation sites (tertiary alicyclic amines) is 1. The number of carbonyl (C=O) groups excluding carboxylic acids is 1. The van der Waals surface area contributed by atoms with Crippen LogP contribution in [0.4, 0.5) is 0 Å². The molecule has 2 saturated heterocycles. The van der Waals surface area contributed by atoms with E-state index >= 15 is 0 Å². The highest BCUT2D eigenvalue weighted by atomic mass is 16.5. The summed E-state index contributed by atoms with van der Waals surface area (Å²) in [5.74, 6) is -0.917. The van der Waals surface area contributed by atoms with Gasteiger partial charge >= 0.3 is 5.97 Å². The fourth-order valence-corrected chi connectivity index (χ4v) is 3.97. The number of carboxylic acids is 1. The summed E-state index contributed by atoms with van der Waals surface area (Å²) in [5.41, 5.74) is 1.28. The summed E-state index contributed by atoms with van der Waals surface area (Å²) in [5, 5.41) is 10.7. The van der Waals surface area contributed by atoms with Gasteiger partial charge in [0.2, 0.25) is 5.91 Å². The molecule has 2 aromatic rings. The molecule has 0 aliphatic carbocycles. The number of carboxylic acid groups (broad SMARTS) is 1. The van der Waals surface area contributed by atoms with Gasteiger partial charge in [0, 0.05) is 42.5 Å². The molecule has 0 bridgehead atoms. The van der Waals surface area contributed by atoms with Gasteiger partial charge in [0.1, 0.15) is 5.41 Å². The molecule has 0 spiro atoms. The van der Waals surface area contributed by atoms with Gasteiger partial charge in [-0.15, -0.1) is 0 Å². The second-order valence-corrected chi connectivity index (χ2v) is 6.81. The minimum absolute atomic E-state index is 0.0234. The van der Waals surface area contributed by atoms with E-state index in [9.17, 15) is 14.7 Å². The number of fused-ring (bicyclic) bond motifs is 2. The average molecular weight is 328 g/mol. The molecule has 1 aromatic heterocycles. The quantitative estimate of drug-likeness (QED) is 0.894. The normalized spacial score (nSPS) is 26.0. The molecule has 6 nitrogen and oxygen atoms in total. The monoisotopic (exact) mass is 328 g/mol. The van der Waals surface area contributed by atoms with Crippen molar-refractivity contribution in [2.24, 2.45) is 11.3 Å². The SMILES string of the molecule is O=C(CCc1c[nH]c2ccccc12)N1C[C@@H]2COC[C@]2(C(=O)O)C1. The van der Waals surface area contributed by atoms with Crippen molar-refractivity contribution in [3.8, 4) is 0 Å². The molecule has 0 saturated carbocycles. The number of aromatic nitrogens is 1. The lowest BCUT2D eigenvalue weighted by atomic mass is 9.81. The lowest BCUT2D eigenvalue weighted by Crippen LogP contribution is -2.40.